The quantitative estimate of drug-likeness (QED) is 0.390. The average Bonchev–Trinajstić information content (AvgIpc) is 1.88. The van der Waals surface area contributed by atoms with Crippen LogP contribution in [0.25, 0.3) is 0 Å². The normalized spacial score (nSPS) is 10.7. The lowest BCUT2D eigenvalue weighted by molar-refractivity contribution is 0.0717. The first-order valence-corrected chi connectivity index (χ1v) is 2.90. The lowest BCUT2D eigenvalue weighted by Crippen LogP contribution is -2.30. The molecule has 0 atom stereocenters. The number of aliphatic hydroxyl groups is 3. The van der Waals surface area contributed by atoms with Crippen LogP contribution in [0.2, 0.25) is 0 Å². The second-order valence-electron chi connectivity index (χ2n) is 1.71. The molecule has 0 aromatic heterocycles. The van der Waals surface area contributed by atoms with E-state index in [0.29, 0.717) is 13.1 Å². The summed E-state index contributed by atoms with van der Waals surface area (Å²) in [6.45, 7) is 0.746. The van der Waals surface area contributed by atoms with Gasteiger partial charge in [0.05, 0.1) is 19.9 Å². The van der Waals surface area contributed by atoms with Gasteiger partial charge in [0.15, 0.2) is 0 Å². The zero-order chi connectivity index (χ0) is 7.11. The third-order valence-corrected chi connectivity index (χ3v) is 1.03. The number of rotatable bonds is 5. The summed E-state index contributed by atoms with van der Waals surface area (Å²) in [5, 5.41) is 25.2. The molecule has 0 saturated carbocycles. The SMILES string of the molecule is OCCN(CO)CCO. The third kappa shape index (κ3) is 4.35. The lowest BCUT2D eigenvalue weighted by atomic mass is 10.5. The summed E-state index contributed by atoms with van der Waals surface area (Å²) in [6.07, 6.45) is 0. The zero-order valence-electron chi connectivity index (χ0n) is 5.32. The summed E-state index contributed by atoms with van der Waals surface area (Å²) in [7, 11) is 0. The van der Waals surface area contributed by atoms with Gasteiger partial charge in [0.25, 0.3) is 0 Å². The van der Waals surface area contributed by atoms with Gasteiger partial charge in [0, 0.05) is 13.1 Å². The van der Waals surface area contributed by atoms with Crippen molar-refractivity contribution in [2.45, 2.75) is 0 Å². The van der Waals surface area contributed by atoms with Gasteiger partial charge in [-0.3, -0.25) is 4.90 Å². The van der Waals surface area contributed by atoms with Crippen LogP contribution in [0.3, 0.4) is 0 Å². The molecule has 0 bridgehead atoms. The predicted molar refractivity (Wildman–Crippen MR) is 32.8 cm³/mol. The number of hydrogen-bond acceptors (Lipinski definition) is 4. The van der Waals surface area contributed by atoms with Gasteiger partial charge in [0.1, 0.15) is 0 Å². The fourth-order valence-electron chi connectivity index (χ4n) is 0.536. The van der Waals surface area contributed by atoms with Gasteiger partial charge in [0.2, 0.25) is 0 Å². The Morgan fingerprint density at radius 2 is 1.33 bits per heavy atom. The minimum Gasteiger partial charge on any atom is -0.395 e. The molecule has 4 heteroatoms. The Hall–Kier alpha value is -0.160. The molecule has 0 aliphatic carbocycles. The highest BCUT2D eigenvalue weighted by Crippen LogP contribution is 1.81. The van der Waals surface area contributed by atoms with Crippen LogP contribution >= 0.6 is 0 Å². The summed E-state index contributed by atoms with van der Waals surface area (Å²) in [5.41, 5.74) is 0. The Kier molecular flexibility index (Phi) is 5.86. The molecule has 0 aliphatic heterocycles. The van der Waals surface area contributed by atoms with E-state index in [1.54, 1.807) is 4.90 Å². The Morgan fingerprint density at radius 3 is 1.56 bits per heavy atom. The minimum absolute atomic E-state index is 0.0144. The largest absolute Gasteiger partial charge is 0.395 e. The van der Waals surface area contributed by atoms with Crippen LogP contribution < -0.4 is 0 Å². The smallest absolute Gasteiger partial charge is 0.0958 e. The molecule has 0 radical (unpaired) electrons. The highest BCUT2D eigenvalue weighted by Gasteiger charge is 1.98. The molecule has 0 saturated heterocycles. The van der Waals surface area contributed by atoms with Crippen molar-refractivity contribution >= 4 is 0 Å². The van der Waals surface area contributed by atoms with Crippen LogP contribution in [0.15, 0.2) is 0 Å². The molecule has 0 fully saturated rings. The van der Waals surface area contributed by atoms with Gasteiger partial charge in [-0.1, -0.05) is 0 Å². The van der Waals surface area contributed by atoms with Crippen molar-refractivity contribution in [1.82, 2.24) is 4.90 Å². The summed E-state index contributed by atoms with van der Waals surface area (Å²) in [4.78, 5) is 1.54. The van der Waals surface area contributed by atoms with Crippen molar-refractivity contribution in [3.05, 3.63) is 0 Å². The first kappa shape index (κ1) is 8.84. The molecule has 56 valence electrons. The van der Waals surface area contributed by atoms with Gasteiger partial charge in [-0.25, -0.2) is 0 Å². The van der Waals surface area contributed by atoms with Crippen LogP contribution in [0, 0.1) is 0 Å². The summed E-state index contributed by atoms with van der Waals surface area (Å²) >= 11 is 0. The van der Waals surface area contributed by atoms with Crippen molar-refractivity contribution in [3.8, 4) is 0 Å². The van der Waals surface area contributed by atoms with E-state index in [9.17, 15) is 0 Å². The lowest BCUT2D eigenvalue weighted by Gasteiger charge is -2.15. The maximum atomic E-state index is 8.49. The number of hydrogen-bond donors (Lipinski definition) is 3. The molecule has 4 nitrogen and oxygen atoms in total. The number of aliphatic hydroxyl groups excluding tert-OH is 3. The second kappa shape index (κ2) is 5.97. The first-order valence-electron chi connectivity index (χ1n) is 2.90. The molecule has 0 heterocycles. The van der Waals surface area contributed by atoms with E-state index in [1.165, 1.54) is 0 Å². The van der Waals surface area contributed by atoms with Gasteiger partial charge in [-0.15, -0.1) is 0 Å². The third-order valence-electron chi connectivity index (χ3n) is 1.03. The monoisotopic (exact) mass is 135 g/mol. The van der Waals surface area contributed by atoms with Gasteiger partial charge in [-0.2, -0.15) is 0 Å². The number of nitrogens with zero attached hydrogens (tertiary/aromatic N) is 1. The van der Waals surface area contributed by atoms with E-state index in [-0.39, 0.29) is 19.9 Å². The predicted octanol–water partition coefficient (Wildman–Crippen LogP) is -1.78. The summed E-state index contributed by atoms with van der Waals surface area (Å²) < 4.78 is 0. The fraction of sp³-hybridized carbons (Fsp3) is 1.00. The topological polar surface area (TPSA) is 63.9 Å². The Balaban J connectivity index is 3.18. The first-order chi connectivity index (χ1) is 4.35. The molecule has 0 rings (SSSR count). The van der Waals surface area contributed by atoms with Crippen molar-refractivity contribution in [3.63, 3.8) is 0 Å². The zero-order valence-corrected chi connectivity index (χ0v) is 5.32. The summed E-state index contributed by atoms with van der Waals surface area (Å²) in [6, 6.07) is 0. The van der Waals surface area contributed by atoms with Crippen molar-refractivity contribution in [2.75, 3.05) is 33.0 Å². The van der Waals surface area contributed by atoms with E-state index in [2.05, 4.69) is 0 Å². The molecule has 0 aromatic carbocycles. The van der Waals surface area contributed by atoms with Crippen LogP contribution in [0.1, 0.15) is 0 Å². The van der Waals surface area contributed by atoms with Crippen LogP contribution in [0.5, 0.6) is 0 Å². The van der Waals surface area contributed by atoms with Gasteiger partial charge < -0.3 is 15.3 Å². The van der Waals surface area contributed by atoms with Gasteiger partial charge >= 0.3 is 0 Å². The molecular formula is C5H13NO3. The van der Waals surface area contributed by atoms with Gasteiger partial charge in [-0.05, 0) is 0 Å². The molecule has 0 spiro atoms. The van der Waals surface area contributed by atoms with Crippen molar-refractivity contribution in [1.29, 1.82) is 0 Å². The van der Waals surface area contributed by atoms with E-state index in [0.717, 1.165) is 0 Å². The van der Waals surface area contributed by atoms with E-state index >= 15 is 0 Å². The highest BCUT2D eigenvalue weighted by molar-refractivity contribution is 4.48. The fourth-order valence-corrected chi connectivity index (χ4v) is 0.536. The average molecular weight is 135 g/mol. The Morgan fingerprint density at radius 1 is 0.889 bits per heavy atom. The molecular weight excluding hydrogens is 122 g/mol. The standard InChI is InChI=1S/C5H13NO3/c7-3-1-6(5-9)2-4-8/h7-9H,1-5H2. The molecule has 3 N–H and O–H groups in total. The van der Waals surface area contributed by atoms with Crippen molar-refractivity contribution in [2.24, 2.45) is 0 Å². The Labute approximate surface area is 54.3 Å². The van der Waals surface area contributed by atoms with Crippen LogP contribution in [-0.2, 0) is 0 Å². The molecule has 9 heavy (non-hydrogen) atoms. The minimum atomic E-state index is -0.110. The molecule has 0 aromatic rings. The molecule has 0 amide bonds. The van der Waals surface area contributed by atoms with E-state index in [1.807, 2.05) is 0 Å². The van der Waals surface area contributed by atoms with Crippen LogP contribution in [-0.4, -0.2) is 53.3 Å². The second-order valence-corrected chi connectivity index (χ2v) is 1.71. The van der Waals surface area contributed by atoms with Crippen LogP contribution in [0.4, 0.5) is 0 Å². The summed E-state index contributed by atoms with van der Waals surface area (Å²) in [5.74, 6) is 0. The van der Waals surface area contributed by atoms with E-state index < -0.39 is 0 Å². The highest BCUT2D eigenvalue weighted by atomic mass is 16.3. The Bertz CT molecular complexity index is 54.2. The van der Waals surface area contributed by atoms with E-state index in [4.69, 9.17) is 15.3 Å². The maximum Gasteiger partial charge on any atom is 0.0958 e. The molecule has 0 unspecified atom stereocenters. The van der Waals surface area contributed by atoms with Crippen molar-refractivity contribution < 1.29 is 15.3 Å². The molecule has 0 aliphatic rings. The maximum absolute atomic E-state index is 8.49.